The van der Waals surface area contributed by atoms with Crippen LogP contribution >= 0.6 is 0 Å². The molecule has 0 amide bonds. The molecule has 0 N–H and O–H groups in total. The zero-order chi connectivity index (χ0) is 46.3. The number of carboxylic acids is 1. The van der Waals surface area contributed by atoms with Crippen LogP contribution < -0.4 is 5.11 Å². The van der Waals surface area contributed by atoms with Gasteiger partial charge in [-0.05, 0) is 96.3 Å². The fourth-order valence-electron chi connectivity index (χ4n) is 6.38. The van der Waals surface area contributed by atoms with Gasteiger partial charge in [0.1, 0.15) is 12.6 Å². The molecule has 63 heavy (non-hydrogen) atoms. The molecule has 8 nitrogen and oxygen atoms in total. The maximum absolute atomic E-state index is 12.7. The highest BCUT2D eigenvalue weighted by Crippen LogP contribution is 2.11. The lowest BCUT2D eigenvalue weighted by Crippen LogP contribution is -2.55. The van der Waals surface area contributed by atoms with Crippen molar-refractivity contribution in [3.63, 3.8) is 0 Å². The number of esters is 2. The van der Waals surface area contributed by atoms with Gasteiger partial charge in [0.25, 0.3) is 0 Å². The molecule has 0 spiro atoms. The fraction of sp³-hybridized carbons (Fsp3) is 0.618. The Balaban J connectivity index is 4.45. The van der Waals surface area contributed by atoms with E-state index in [0.29, 0.717) is 12.8 Å². The molecule has 0 aliphatic rings. The first-order valence-corrected chi connectivity index (χ1v) is 24.4. The third-order valence-electron chi connectivity index (χ3n) is 10.1. The Kier molecular flexibility index (Phi) is 41.8. The minimum absolute atomic E-state index is 0.00234. The molecule has 0 saturated carbocycles. The Hall–Kier alpha value is -4.01. The smallest absolute Gasteiger partial charge is 0.306 e. The summed E-state index contributed by atoms with van der Waals surface area (Å²) in [5.74, 6) is -1.86. The number of likely N-dealkylation sites (N-methyl/N-ethyl adjacent to an activating group) is 1. The van der Waals surface area contributed by atoms with Crippen molar-refractivity contribution in [2.75, 3.05) is 41.0 Å². The molecule has 8 heteroatoms. The van der Waals surface area contributed by atoms with Crippen molar-refractivity contribution in [2.24, 2.45) is 0 Å². The third-order valence-corrected chi connectivity index (χ3v) is 10.1. The highest BCUT2D eigenvalue weighted by Gasteiger charge is 2.25. The summed E-state index contributed by atoms with van der Waals surface area (Å²) in [4.78, 5) is 36.9. The van der Waals surface area contributed by atoms with Crippen LogP contribution in [0.1, 0.15) is 168 Å². The average Bonchev–Trinajstić information content (AvgIpc) is 3.24. The molecule has 0 aliphatic heterocycles. The SMILES string of the molecule is CC/C=C/C/C=C/C/C=C/C/C=C/C/C=C/C/C=C/CCCCCC(=O)OCC(COCCC(C(=O)[O-])[N+](C)(C)C)OC(=O)CCC/C=C/C/C=C/C/C=C/CCCCCCCC. The molecule has 0 aromatic rings. The van der Waals surface area contributed by atoms with Crippen molar-refractivity contribution in [3.05, 3.63) is 109 Å². The quantitative estimate of drug-likeness (QED) is 0.0260. The van der Waals surface area contributed by atoms with Crippen LogP contribution in [0.15, 0.2) is 109 Å². The molecule has 2 unspecified atom stereocenters. The van der Waals surface area contributed by atoms with Crippen molar-refractivity contribution >= 4 is 17.9 Å². The van der Waals surface area contributed by atoms with Crippen LogP contribution in [0.25, 0.3) is 0 Å². The maximum atomic E-state index is 12.7. The maximum Gasteiger partial charge on any atom is 0.306 e. The van der Waals surface area contributed by atoms with Crippen LogP contribution in [0.4, 0.5) is 0 Å². The van der Waals surface area contributed by atoms with Gasteiger partial charge in [-0.3, -0.25) is 9.59 Å². The Morgan fingerprint density at radius 3 is 1.37 bits per heavy atom. The summed E-state index contributed by atoms with van der Waals surface area (Å²) in [6.07, 6.45) is 61.3. The van der Waals surface area contributed by atoms with Crippen LogP contribution in [0.2, 0.25) is 0 Å². The highest BCUT2D eigenvalue weighted by molar-refractivity contribution is 5.70. The summed E-state index contributed by atoms with van der Waals surface area (Å²) in [5, 5.41) is 11.6. The molecule has 356 valence electrons. The van der Waals surface area contributed by atoms with Crippen LogP contribution in [0.5, 0.6) is 0 Å². The normalized spacial score (nSPS) is 13.9. The fourth-order valence-corrected chi connectivity index (χ4v) is 6.38. The average molecular weight is 876 g/mol. The van der Waals surface area contributed by atoms with E-state index in [9.17, 15) is 19.5 Å². The van der Waals surface area contributed by atoms with Gasteiger partial charge in [0.15, 0.2) is 6.10 Å². The second-order valence-electron chi connectivity index (χ2n) is 17.0. The number of rotatable bonds is 42. The second-order valence-corrected chi connectivity index (χ2v) is 17.0. The zero-order valence-electron chi connectivity index (χ0n) is 40.4. The number of nitrogens with zero attached hydrogens (tertiary/aromatic N) is 1. The monoisotopic (exact) mass is 876 g/mol. The molecular formula is C55H89NO7. The summed E-state index contributed by atoms with van der Waals surface area (Å²) in [6.45, 7) is 4.43. The molecule has 0 aliphatic carbocycles. The Morgan fingerprint density at radius 2 is 0.905 bits per heavy atom. The number of quaternary nitrogens is 1. The Labute approximate surface area is 385 Å². The number of ether oxygens (including phenoxy) is 3. The van der Waals surface area contributed by atoms with Crippen molar-refractivity contribution in [3.8, 4) is 0 Å². The van der Waals surface area contributed by atoms with Gasteiger partial charge in [-0.1, -0.05) is 162 Å². The summed E-state index contributed by atoms with van der Waals surface area (Å²) >= 11 is 0. The molecule has 0 aromatic heterocycles. The van der Waals surface area contributed by atoms with Gasteiger partial charge in [0.05, 0.1) is 40.3 Å². The van der Waals surface area contributed by atoms with Gasteiger partial charge < -0.3 is 28.6 Å². The number of aliphatic carboxylic acids is 1. The zero-order valence-corrected chi connectivity index (χ0v) is 40.4. The summed E-state index contributed by atoms with van der Waals surface area (Å²) in [5.41, 5.74) is 0. The molecule has 0 saturated heterocycles. The predicted molar refractivity (Wildman–Crippen MR) is 263 cm³/mol. The first kappa shape index (κ1) is 59.0. The van der Waals surface area contributed by atoms with Crippen molar-refractivity contribution in [1.82, 2.24) is 0 Å². The van der Waals surface area contributed by atoms with E-state index in [1.165, 1.54) is 38.5 Å². The minimum atomic E-state index is -1.14. The molecule has 0 fully saturated rings. The van der Waals surface area contributed by atoms with Gasteiger partial charge in [0.2, 0.25) is 0 Å². The molecule has 0 radical (unpaired) electrons. The molecular weight excluding hydrogens is 787 g/mol. The lowest BCUT2D eigenvalue weighted by Gasteiger charge is -2.34. The van der Waals surface area contributed by atoms with Gasteiger partial charge >= 0.3 is 11.9 Å². The van der Waals surface area contributed by atoms with Crippen LogP contribution in [-0.4, -0.2) is 75.5 Å². The molecule has 0 heterocycles. The minimum Gasteiger partial charge on any atom is -0.544 e. The van der Waals surface area contributed by atoms with Crippen LogP contribution in [0.3, 0.4) is 0 Å². The van der Waals surface area contributed by atoms with Crippen molar-refractivity contribution in [2.45, 2.75) is 180 Å². The van der Waals surface area contributed by atoms with Crippen molar-refractivity contribution < 1.29 is 38.2 Å². The number of hydrogen-bond acceptors (Lipinski definition) is 7. The summed E-state index contributed by atoms with van der Waals surface area (Å²) < 4.78 is 17.1. The van der Waals surface area contributed by atoms with E-state index in [2.05, 4.69) is 123 Å². The van der Waals surface area contributed by atoms with E-state index >= 15 is 0 Å². The number of allylic oxidation sites excluding steroid dienone is 18. The Morgan fingerprint density at radius 1 is 0.492 bits per heavy atom. The second kappa shape index (κ2) is 44.6. The number of unbranched alkanes of at least 4 members (excludes halogenated alkanes) is 10. The topological polar surface area (TPSA) is 102 Å². The molecule has 0 aromatic carbocycles. The Bertz CT molecular complexity index is 1390. The number of carbonyl (C=O) groups is 3. The van der Waals surface area contributed by atoms with E-state index < -0.39 is 18.1 Å². The third kappa shape index (κ3) is 43.0. The first-order chi connectivity index (χ1) is 30.6. The van der Waals surface area contributed by atoms with Crippen LogP contribution in [0, 0.1) is 0 Å². The standard InChI is InChI=1S/C55H89NO7/c1-6-8-10-12-14-16-18-20-22-24-25-26-27-28-30-31-33-35-37-39-41-43-45-53(57)62-50-51(49-61-48-47-52(55(59)60)56(3,4)5)63-54(58)46-44-42-40-38-36-34-32-29-23-21-19-17-15-13-11-9-7-2/h8,10,14,16,20-23,25-26,28,30,32-35,38,40,51-52H,6-7,9,11-13,15,17-19,24,27,29,31,36-37,39,41-50H2,1-5H3/b10-8+,16-14+,22-20+,23-21+,26-25+,30-28+,34-32+,35-33+,40-38+. The largest absolute Gasteiger partial charge is 0.544 e. The van der Waals surface area contributed by atoms with Gasteiger partial charge in [-0.25, -0.2) is 0 Å². The molecule has 0 bridgehead atoms. The number of carboxylic acid groups (broad SMARTS) is 1. The number of hydrogen-bond donors (Lipinski definition) is 0. The lowest BCUT2D eigenvalue weighted by atomic mass is 10.1. The van der Waals surface area contributed by atoms with E-state index in [4.69, 9.17) is 14.2 Å². The van der Waals surface area contributed by atoms with Gasteiger partial charge in [-0.2, -0.15) is 0 Å². The first-order valence-electron chi connectivity index (χ1n) is 24.4. The molecule has 0 rings (SSSR count). The number of carbonyl (C=O) groups excluding carboxylic acids is 3. The summed E-state index contributed by atoms with van der Waals surface area (Å²) in [6, 6.07) is -0.747. The van der Waals surface area contributed by atoms with Crippen molar-refractivity contribution in [1.29, 1.82) is 0 Å². The van der Waals surface area contributed by atoms with Gasteiger partial charge in [0, 0.05) is 19.3 Å². The van der Waals surface area contributed by atoms with Gasteiger partial charge in [-0.15, -0.1) is 0 Å². The van der Waals surface area contributed by atoms with E-state index in [0.717, 1.165) is 89.9 Å². The lowest BCUT2D eigenvalue weighted by molar-refractivity contribution is -0.889. The van der Waals surface area contributed by atoms with E-state index in [-0.39, 0.29) is 49.1 Å². The van der Waals surface area contributed by atoms with E-state index in [1.54, 1.807) is 21.1 Å². The van der Waals surface area contributed by atoms with E-state index in [1.807, 2.05) is 0 Å². The van der Waals surface area contributed by atoms with Crippen LogP contribution in [-0.2, 0) is 28.6 Å². The summed E-state index contributed by atoms with van der Waals surface area (Å²) in [7, 11) is 5.37. The molecule has 2 atom stereocenters. The highest BCUT2D eigenvalue weighted by atomic mass is 16.6. The predicted octanol–water partition coefficient (Wildman–Crippen LogP) is 12.7.